The zero-order valence-corrected chi connectivity index (χ0v) is 14.3. The maximum Gasteiger partial charge on any atom is 0.155 e. The van der Waals surface area contributed by atoms with Crippen molar-refractivity contribution in [2.75, 3.05) is 7.11 Å². The van der Waals surface area contributed by atoms with Crippen molar-refractivity contribution in [3.05, 3.63) is 48.6 Å². The molecule has 0 atom stereocenters. The molecule has 0 fully saturated rings. The van der Waals surface area contributed by atoms with Gasteiger partial charge in [0.15, 0.2) is 5.78 Å². The molecule has 115 valence electrons. The molecule has 0 aromatic carbocycles. The smallest absolute Gasteiger partial charge is 0.155 e. The number of rotatable bonds is 3. The van der Waals surface area contributed by atoms with Gasteiger partial charge in [0, 0.05) is 43.8 Å². The van der Waals surface area contributed by atoms with Crippen molar-refractivity contribution in [3.63, 3.8) is 0 Å². The summed E-state index contributed by atoms with van der Waals surface area (Å²) in [5, 5.41) is 8.36. The first-order valence-electron chi connectivity index (χ1n) is 5.86. The Labute approximate surface area is 137 Å². The molecular weight excluding hydrogens is 450 g/mol. The molecule has 0 unspecified atom stereocenters. The maximum absolute atomic E-state index is 10.0. The molecule has 0 aliphatic heterocycles. The van der Waals surface area contributed by atoms with Crippen LogP contribution >= 0.6 is 0 Å². The van der Waals surface area contributed by atoms with Gasteiger partial charge in [0.1, 0.15) is 5.75 Å². The van der Waals surface area contributed by atoms with E-state index in [1.165, 1.54) is 19.9 Å². The largest absolute Gasteiger partial charge is 0.545 e. The molecule has 0 spiro atoms. The van der Waals surface area contributed by atoms with E-state index >= 15 is 0 Å². The number of carbonyl (C=O) groups excluding carboxylic acids is 1. The van der Waals surface area contributed by atoms with E-state index in [9.17, 15) is 4.79 Å². The number of methoxy groups -OCH3 is 1. The van der Waals surface area contributed by atoms with Gasteiger partial charge < -0.3 is 19.2 Å². The SMILES string of the molecule is CC(=O)/C=C(/C)O.COc1ccnc(-c2[c-]cco2)c1.[Ir]. The normalized spacial score (nSPS) is 9.95. The zero-order chi connectivity index (χ0) is 15.0. The van der Waals surface area contributed by atoms with Crippen LogP contribution in [0, 0.1) is 6.07 Å². The number of ether oxygens (including phenoxy) is 1. The predicted molar refractivity (Wildman–Crippen MR) is 74.4 cm³/mol. The van der Waals surface area contributed by atoms with Crippen LogP contribution in [0.15, 0.2) is 46.9 Å². The summed E-state index contributed by atoms with van der Waals surface area (Å²) in [7, 11) is 1.62. The van der Waals surface area contributed by atoms with Gasteiger partial charge in [-0.3, -0.25) is 4.79 Å². The molecular formula is C15H16IrNO4-. The van der Waals surface area contributed by atoms with E-state index in [2.05, 4.69) is 11.1 Å². The first-order valence-corrected chi connectivity index (χ1v) is 5.86. The summed E-state index contributed by atoms with van der Waals surface area (Å²) in [5.74, 6) is 1.32. The van der Waals surface area contributed by atoms with Crippen LogP contribution < -0.4 is 4.74 Å². The van der Waals surface area contributed by atoms with Crippen LogP contribution in [0.25, 0.3) is 11.5 Å². The summed E-state index contributed by atoms with van der Waals surface area (Å²) < 4.78 is 10.2. The summed E-state index contributed by atoms with van der Waals surface area (Å²) in [5.41, 5.74) is 0.726. The molecule has 0 amide bonds. The molecule has 0 bridgehead atoms. The van der Waals surface area contributed by atoms with E-state index in [0.717, 1.165) is 11.4 Å². The van der Waals surface area contributed by atoms with Crippen LogP contribution in [-0.4, -0.2) is 23.0 Å². The minimum atomic E-state index is -0.125. The van der Waals surface area contributed by atoms with Gasteiger partial charge >= 0.3 is 0 Å². The number of carbonyl (C=O) groups is 1. The Kier molecular flexibility index (Phi) is 9.01. The molecule has 0 saturated heterocycles. The van der Waals surface area contributed by atoms with Gasteiger partial charge in [-0.2, -0.15) is 0 Å². The number of nitrogens with zero attached hydrogens (tertiary/aromatic N) is 1. The van der Waals surface area contributed by atoms with E-state index < -0.39 is 0 Å². The van der Waals surface area contributed by atoms with Crippen LogP contribution in [0.3, 0.4) is 0 Å². The molecule has 1 radical (unpaired) electrons. The third kappa shape index (κ3) is 7.44. The number of aliphatic hydroxyl groups is 1. The van der Waals surface area contributed by atoms with Crippen molar-refractivity contribution in [1.82, 2.24) is 4.98 Å². The summed E-state index contributed by atoms with van der Waals surface area (Å²) >= 11 is 0. The molecule has 0 aliphatic rings. The van der Waals surface area contributed by atoms with Crippen molar-refractivity contribution in [2.45, 2.75) is 13.8 Å². The monoisotopic (exact) mass is 467 g/mol. The maximum atomic E-state index is 10.0. The Morgan fingerprint density at radius 2 is 2.19 bits per heavy atom. The molecule has 6 heteroatoms. The molecule has 2 heterocycles. The van der Waals surface area contributed by atoms with E-state index in [-0.39, 0.29) is 31.6 Å². The van der Waals surface area contributed by atoms with Gasteiger partial charge in [0.25, 0.3) is 0 Å². The fourth-order valence-corrected chi connectivity index (χ4v) is 1.34. The van der Waals surface area contributed by atoms with Crippen LogP contribution in [0.2, 0.25) is 0 Å². The van der Waals surface area contributed by atoms with Gasteiger partial charge in [0.05, 0.1) is 12.9 Å². The van der Waals surface area contributed by atoms with Crippen molar-refractivity contribution in [2.24, 2.45) is 0 Å². The second-order valence-corrected chi connectivity index (χ2v) is 3.87. The average molecular weight is 467 g/mol. The van der Waals surface area contributed by atoms with E-state index in [4.69, 9.17) is 14.3 Å². The summed E-state index contributed by atoms with van der Waals surface area (Å²) in [6.45, 7) is 2.85. The van der Waals surface area contributed by atoms with Crippen molar-refractivity contribution < 1.29 is 39.2 Å². The second kappa shape index (κ2) is 9.91. The molecule has 21 heavy (non-hydrogen) atoms. The minimum absolute atomic E-state index is 0. The van der Waals surface area contributed by atoms with Crippen molar-refractivity contribution in [3.8, 4) is 17.2 Å². The average Bonchev–Trinajstić information content (AvgIpc) is 2.92. The number of aliphatic hydroxyl groups excluding tert-OH is 1. The fraction of sp³-hybridized carbons (Fsp3) is 0.200. The Morgan fingerprint density at radius 1 is 1.48 bits per heavy atom. The Balaban J connectivity index is 0.000000436. The first kappa shape index (κ1) is 19.1. The van der Waals surface area contributed by atoms with Gasteiger partial charge in [-0.25, -0.2) is 0 Å². The van der Waals surface area contributed by atoms with Gasteiger partial charge in [-0.1, -0.05) is 0 Å². The number of allylic oxidation sites excluding steroid dienone is 2. The third-order valence-corrected chi connectivity index (χ3v) is 2.08. The summed E-state index contributed by atoms with van der Waals surface area (Å²) in [4.78, 5) is 14.1. The third-order valence-electron chi connectivity index (χ3n) is 2.08. The van der Waals surface area contributed by atoms with Crippen molar-refractivity contribution in [1.29, 1.82) is 0 Å². The standard InChI is InChI=1S/C10H8NO2.C5H8O2.Ir/c1-12-8-4-5-11-9(7-8)10-3-2-6-13-10;1-4(6)3-5(2)7;/h2,4-7H,1H3;3,6H,1-2H3;/q-1;;/b;4-3-;. The molecule has 2 aromatic rings. The molecule has 2 rings (SSSR count). The van der Waals surface area contributed by atoms with Crippen LogP contribution in [0.5, 0.6) is 5.75 Å². The van der Waals surface area contributed by atoms with Gasteiger partial charge in [-0.15, -0.1) is 12.1 Å². The fourth-order valence-electron chi connectivity index (χ4n) is 1.34. The van der Waals surface area contributed by atoms with Crippen LogP contribution in [-0.2, 0) is 24.9 Å². The predicted octanol–water partition coefficient (Wildman–Crippen LogP) is 3.19. The van der Waals surface area contributed by atoms with E-state index in [1.54, 1.807) is 37.8 Å². The summed E-state index contributed by atoms with van der Waals surface area (Å²) in [6.07, 6.45) is 4.40. The quantitative estimate of drug-likeness (QED) is 0.427. The Bertz CT molecular complexity index is 575. The molecule has 0 saturated carbocycles. The minimum Gasteiger partial charge on any atom is -0.545 e. The molecule has 0 aliphatic carbocycles. The zero-order valence-electron chi connectivity index (χ0n) is 11.9. The number of hydrogen-bond donors (Lipinski definition) is 1. The number of pyridine rings is 1. The topological polar surface area (TPSA) is 72.6 Å². The molecule has 2 aromatic heterocycles. The Hall–Kier alpha value is -1.91. The van der Waals surface area contributed by atoms with E-state index in [0.29, 0.717) is 5.76 Å². The number of hydrogen-bond acceptors (Lipinski definition) is 5. The second-order valence-electron chi connectivity index (χ2n) is 3.87. The molecule has 1 N–H and O–H groups in total. The number of ketones is 1. The van der Waals surface area contributed by atoms with Crippen LogP contribution in [0.4, 0.5) is 0 Å². The van der Waals surface area contributed by atoms with Gasteiger partial charge in [0.2, 0.25) is 0 Å². The molecule has 5 nitrogen and oxygen atoms in total. The first-order chi connectivity index (χ1) is 9.52. The van der Waals surface area contributed by atoms with E-state index in [1.807, 2.05) is 0 Å². The summed E-state index contributed by atoms with van der Waals surface area (Å²) in [6, 6.07) is 8.21. The van der Waals surface area contributed by atoms with Gasteiger partial charge in [-0.05, 0) is 32.2 Å². The van der Waals surface area contributed by atoms with Crippen LogP contribution in [0.1, 0.15) is 13.8 Å². The van der Waals surface area contributed by atoms with Crippen molar-refractivity contribution >= 4 is 5.78 Å². The number of aromatic nitrogens is 1. The number of furan rings is 1. The Morgan fingerprint density at radius 3 is 2.62 bits per heavy atom.